The number of nitrogens with one attached hydrogen (secondary N) is 1. The molecular weight excluding hydrogens is 316 g/mol. The average molecular weight is 331 g/mol. The van der Waals surface area contributed by atoms with Gasteiger partial charge in [-0.05, 0) is 35.4 Å². The summed E-state index contributed by atoms with van der Waals surface area (Å²) in [7, 11) is 1.68. The van der Waals surface area contributed by atoms with Crippen LogP contribution >= 0.6 is 22.9 Å². The molecule has 5 heteroatoms. The van der Waals surface area contributed by atoms with Crippen LogP contribution in [0.4, 0.5) is 5.69 Å². The van der Waals surface area contributed by atoms with Crippen LogP contribution in [0.25, 0.3) is 11.1 Å². The van der Waals surface area contributed by atoms with Gasteiger partial charge in [0.05, 0.1) is 13.7 Å². The number of aromatic nitrogens is 1. The Morgan fingerprint density at radius 1 is 1.14 bits per heavy atom. The second kappa shape index (κ2) is 6.81. The molecule has 0 saturated heterocycles. The van der Waals surface area contributed by atoms with Crippen LogP contribution in [-0.2, 0) is 6.54 Å². The van der Waals surface area contributed by atoms with E-state index in [0.29, 0.717) is 4.47 Å². The van der Waals surface area contributed by atoms with E-state index in [1.807, 2.05) is 18.2 Å². The van der Waals surface area contributed by atoms with Gasteiger partial charge < -0.3 is 10.1 Å². The van der Waals surface area contributed by atoms with Crippen molar-refractivity contribution in [3.63, 3.8) is 0 Å². The zero-order chi connectivity index (χ0) is 15.4. The molecule has 0 amide bonds. The third-order valence-corrected chi connectivity index (χ3v) is 4.39. The van der Waals surface area contributed by atoms with E-state index in [9.17, 15) is 0 Å². The third-order valence-electron chi connectivity index (χ3n) is 3.28. The van der Waals surface area contributed by atoms with Gasteiger partial charge in [-0.3, -0.25) is 0 Å². The Labute approximate surface area is 138 Å². The van der Waals surface area contributed by atoms with Crippen molar-refractivity contribution < 1.29 is 4.74 Å². The van der Waals surface area contributed by atoms with Crippen molar-refractivity contribution in [2.45, 2.75) is 6.54 Å². The van der Waals surface area contributed by atoms with Gasteiger partial charge in [-0.15, -0.1) is 11.3 Å². The van der Waals surface area contributed by atoms with Crippen molar-refractivity contribution in [3.8, 4) is 16.9 Å². The Hall–Kier alpha value is -2.04. The van der Waals surface area contributed by atoms with Crippen molar-refractivity contribution in [1.82, 2.24) is 4.98 Å². The number of hydrogen-bond donors (Lipinski definition) is 1. The van der Waals surface area contributed by atoms with E-state index in [1.165, 1.54) is 11.3 Å². The molecule has 0 unspecified atom stereocenters. The SMILES string of the molecule is COc1cccc(-c2ccc(NCc3cnc(Cl)s3)cc2)c1. The van der Waals surface area contributed by atoms with Gasteiger partial charge in [0.1, 0.15) is 5.75 Å². The highest BCUT2D eigenvalue weighted by molar-refractivity contribution is 7.15. The average Bonchev–Trinajstić information content (AvgIpc) is 2.99. The summed E-state index contributed by atoms with van der Waals surface area (Å²) in [6.07, 6.45) is 1.80. The third kappa shape index (κ3) is 3.59. The van der Waals surface area contributed by atoms with E-state index >= 15 is 0 Å². The Morgan fingerprint density at radius 3 is 2.64 bits per heavy atom. The normalized spacial score (nSPS) is 10.5. The van der Waals surface area contributed by atoms with E-state index in [1.54, 1.807) is 13.3 Å². The molecule has 0 atom stereocenters. The molecule has 112 valence electrons. The predicted molar refractivity (Wildman–Crippen MR) is 92.9 cm³/mol. The zero-order valence-corrected chi connectivity index (χ0v) is 13.6. The number of ether oxygens (including phenoxy) is 1. The Bertz CT molecular complexity index is 755. The standard InChI is InChI=1S/C17H15ClN2OS/c1-21-15-4-2-3-13(9-15)12-5-7-14(8-6-12)19-10-16-11-20-17(18)22-16/h2-9,11,19H,10H2,1H3. The maximum absolute atomic E-state index is 5.82. The number of halogens is 1. The first-order valence-electron chi connectivity index (χ1n) is 6.83. The summed E-state index contributed by atoms with van der Waals surface area (Å²) in [5, 5.41) is 3.36. The number of methoxy groups -OCH3 is 1. The first kappa shape index (κ1) is 14.9. The summed E-state index contributed by atoms with van der Waals surface area (Å²) in [5.41, 5.74) is 3.36. The van der Waals surface area contributed by atoms with Gasteiger partial charge in [-0.2, -0.15) is 0 Å². The number of rotatable bonds is 5. The topological polar surface area (TPSA) is 34.1 Å². The molecule has 3 nitrogen and oxygen atoms in total. The van der Waals surface area contributed by atoms with Crippen LogP contribution in [0.15, 0.2) is 54.7 Å². The summed E-state index contributed by atoms with van der Waals surface area (Å²) in [6, 6.07) is 16.4. The number of nitrogens with zero attached hydrogens (tertiary/aromatic N) is 1. The summed E-state index contributed by atoms with van der Waals surface area (Å²) in [4.78, 5) is 5.14. The second-order valence-electron chi connectivity index (χ2n) is 4.74. The highest BCUT2D eigenvalue weighted by Gasteiger charge is 2.02. The van der Waals surface area contributed by atoms with Crippen LogP contribution in [0.3, 0.4) is 0 Å². The molecule has 1 heterocycles. The van der Waals surface area contributed by atoms with E-state index in [0.717, 1.165) is 34.0 Å². The fourth-order valence-electron chi connectivity index (χ4n) is 2.14. The highest BCUT2D eigenvalue weighted by atomic mass is 35.5. The molecule has 0 aliphatic heterocycles. The summed E-state index contributed by atoms with van der Waals surface area (Å²) in [5.74, 6) is 0.863. The van der Waals surface area contributed by atoms with Crippen molar-refractivity contribution in [3.05, 3.63) is 64.1 Å². The van der Waals surface area contributed by atoms with Crippen LogP contribution in [-0.4, -0.2) is 12.1 Å². The molecule has 0 aliphatic carbocycles. The quantitative estimate of drug-likeness (QED) is 0.708. The molecule has 3 rings (SSSR count). The van der Waals surface area contributed by atoms with Crippen molar-refractivity contribution in [1.29, 1.82) is 0 Å². The Balaban J connectivity index is 1.69. The van der Waals surface area contributed by atoms with Gasteiger partial charge in [-0.1, -0.05) is 35.9 Å². The second-order valence-corrected chi connectivity index (χ2v) is 6.44. The lowest BCUT2D eigenvalue weighted by Gasteiger charge is -2.07. The van der Waals surface area contributed by atoms with E-state index in [2.05, 4.69) is 40.6 Å². The van der Waals surface area contributed by atoms with Crippen molar-refractivity contribution in [2.75, 3.05) is 12.4 Å². The fraction of sp³-hybridized carbons (Fsp3) is 0.118. The largest absolute Gasteiger partial charge is 0.497 e. The Kier molecular flexibility index (Phi) is 4.61. The van der Waals surface area contributed by atoms with E-state index in [4.69, 9.17) is 16.3 Å². The predicted octanol–water partition coefficient (Wildman–Crippen LogP) is 5.08. The molecule has 1 N–H and O–H groups in total. The van der Waals surface area contributed by atoms with Crippen molar-refractivity contribution in [2.24, 2.45) is 0 Å². The summed E-state index contributed by atoms with van der Waals surface area (Å²) < 4.78 is 5.84. The van der Waals surface area contributed by atoms with Gasteiger partial charge in [0, 0.05) is 16.8 Å². The molecule has 1 aromatic heterocycles. The number of anilines is 1. The lowest BCUT2D eigenvalue weighted by atomic mass is 10.1. The highest BCUT2D eigenvalue weighted by Crippen LogP contribution is 2.25. The van der Waals surface area contributed by atoms with Gasteiger partial charge in [0.2, 0.25) is 0 Å². The molecule has 3 aromatic rings. The van der Waals surface area contributed by atoms with Crippen molar-refractivity contribution >= 4 is 28.6 Å². The maximum atomic E-state index is 5.82. The van der Waals surface area contributed by atoms with Gasteiger partial charge in [0.25, 0.3) is 0 Å². The summed E-state index contributed by atoms with van der Waals surface area (Å²) >= 11 is 7.31. The minimum absolute atomic E-state index is 0.574. The van der Waals surface area contributed by atoms with E-state index < -0.39 is 0 Å². The number of benzene rings is 2. The first-order chi connectivity index (χ1) is 10.7. The van der Waals surface area contributed by atoms with Crippen LogP contribution in [0.5, 0.6) is 5.75 Å². The van der Waals surface area contributed by atoms with Gasteiger partial charge in [0.15, 0.2) is 4.47 Å². The molecule has 2 aromatic carbocycles. The smallest absolute Gasteiger partial charge is 0.183 e. The van der Waals surface area contributed by atoms with Gasteiger partial charge in [-0.25, -0.2) is 4.98 Å². The first-order valence-corrected chi connectivity index (χ1v) is 8.02. The van der Waals surface area contributed by atoms with Crippen LogP contribution in [0.1, 0.15) is 4.88 Å². The van der Waals surface area contributed by atoms with Gasteiger partial charge >= 0.3 is 0 Å². The Morgan fingerprint density at radius 2 is 1.95 bits per heavy atom. The number of thiazole rings is 1. The molecule has 0 radical (unpaired) electrons. The monoisotopic (exact) mass is 330 g/mol. The lowest BCUT2D eigenvalue weighted by Crippen LogP contribution is -1.96. The fourth-order valence-corrected chi connectivity index (χ4v) is 3.06. The van der Waals surface area contributed by atoms with Crippen LogP contribution in [0.2, 0.25) is 4.47 Å². The minimum atomic E-state index is 0.574. The minimum Gasteiger partial charge on any atom is -0.497 e. The molecule has 0 bridgehead atoms. The molecule has 0 aliphatic rings. The number of hydrogen-bond acceptors (Lipinski definition) is 4. The maximum Gasteiger partial charge on any atom is 0.183 e. The van der Waals surface area contributed by atoms with Crippen LogP contribution in [0, 0.1) is 0 Å². The molecule has 0 saturated carbocycles. The molecule has 0 spiro atoms. The lowest BCUT2D eigenvalue weighted by molar-refractivity contribution is 0.415. The van der Waals surface area contributed by atoms with E-state index in [-0.39, 0.29) is 0 Å². The zero-order valence-electron chi connectivity index (χ0n) is 12.0. The van der Waals surface area contributed by atoms with Crippen LogP contribution < -0.4 is 10.1 Å². The molecular formula is C17H15ClN2OS. The summed E-state index contributed by atoms with van der Waals surface area (Å²) in [6.45, 7) is 0.725. The molecule has 22 heavy (non-hydrogen) atoms. The molecule has 0 fully saturated rings.